The summed E-state index contributed by atoms with van der Waals surface area (Å²) in [6, 6.07) is 1.07. The first-order valence-corrected chi connectivity index (χ1v) is 6.77. The first-order chi connectivity index (χ1) is 9.04. The maximum atomic E-state index is 11.5. The van der Waals surface area contributed by atoms with E-state index in [2.05, 4.69) is 10.3 Å². The molecular formula is C12H19Cl4N3O2. The molecule has 1 amide bonds. The number of amides is 1. The van der Waals surface area contributed by atoms with Crippen molar-refractivity contribution >= 4 is 53.9 Å². The first-order valence-electron chi connectivity index (χ1n) is 6.01. The predicted octanol–water partition coefficient (Wildman–Crippen LogP) is 2.85. The van der Waals surface area contributed by atoms with Gasteiger partial charge in [-0.1, -0.05) is 36.5 Å². The molecule has 5 nitrogen and oxygen atoms in total. The number of nitrogens with two attached hydrogens (primary N) is 1. The van der Waals surface area contributed by atoms with Crippen LogP contribution in [0.25, 0.3) is 0 Å². The second kappa shape index (κ2) is 12.1. The summed E-state index contributed by atoms with van der Waals surface area (Å²) in [6.07, 6.45) is 2.98. The van der Waals surface area contributed by atoms with Crippen molar-refractivity contribution in [2.45, 2.75) is 25.8 Å². The van der Waals surface area contributed by atoms with Crippen LogP contribution in [-0.4, -0.2) is 30.1 Å². The molecule has 0 fully saturated rings. The van der Waals surface area contributed by atoms with E-state index >= 15 is 0 Å². The fourth-order valence-corrected chi connectivity index (χ4v) is 1.84. The van der Waals surface area contributed by atoms with Crippen molar-refractivity contribution in [1.29, 1.82) is 0 Å². The second-order valence-corrected chi connectivity index (χ2v) is 4.82. The van der Waals surface area contributed by atoms with Crippen LogP contribution in [0.15, 0.2) is 12.3 Å². The Morgan fingerprint density at radius 1 is 1.48 bits per heavy atom. The molecule has 21 heavy (non-hydrogen) atoms. The molecule has 3 N–H and O–H groups in total. The highest BCUT2D eigenvalue weighted by molar-refractivity contribution is 6.35. The third kappa shape index (κ3) is 8.53. The number of ether oxygens (including phenoxy) is 1. The third-order valence-corrected chi connectivity index (χ3v) is 2.83. The molecule has 1 unspecified atom stereocenters. The Labute approximate surface area is 146 Å². The minimum atomic E-state index is -0.470. The highest BCUT2D eigenvalue weighted by Gasteiger charge is 2.11. The molecule has 1 rings (SSSR count). The summed E-state index contributed by atoms with van der Waals surface area (Å²) in [5.74, 6) is 0.110. The van der Waals surface area contributed by atoms with Gasteiger partial charge in [0.2, 0.25) is 11.8 Å². The van der Waals surface area contributed by atoms with Crippen molar-refractivity contribution in [3.63, 3.8) is 0 Å². The van der Waals surface area contributed by atoms with Gasteiger partial charge in [0.05, 0.1) is 17.6 Å². The van der Waals surface area contributed by atoms with Crippen molar-refractivity contribution in [3.8, 4) is 5.88 Å². The van der Waals surface area contributed by atoms with Crippen LogP contribution in [0.5, 0.6) is 5.88 Å². The van der Waals surface area contributed by atoms with Crippen LogP contribution in [-0.2, 0) is 4.79 Å². The van der Waals surface area contributed by atoms with Crippen LogP contribution in [0.2, 0.25) is 10.0 Å². The van der Waals surface area contributed by atoms with Crippen molar-refractivity contribution < 1.29 is 9.53 Å². The summed E-state index contributed by atoms with van der Waals surface area (Å²) < 4.78 is 5.32. The lowest BCUT2D eigenvalue weighted by atomic mass is 10.2. The van der Waals surface area contributed by atoms with Gasteiger partial charge in [-0.2, -0.15) is 0 Å². The highest BCUT2D eigenvalue weighted by atomic mass is 35.5. The maximum Gasteiger partial charge on any atom is 0.237 e. The first kappa shape index (κ1) is 22.8. The average molecular weight is 379 g/mol. The van der Waals surface area contributed by atoms with Gasteiger partial charge in [-0.3, -0.25) is 4.79 Å². The van der Waals surface area contributed by atoms with Crippen LogP contribution >= 0.6 is 48.0 Å². The quantitative estimate of drug-likeness (QED) is 0.715. The van der Waals surface area contributed by atoms with Crippen molar-refractivity contribution in [3.05, 3.63) is 22.3 Å². The number of hydrogen-bond acceptors (Lipinski definition) is 4. The van der Waals surface area contributed by atoms with E-state index in [1.807, 2.05) is 6.92 Å². The van der Waals surface area contributed by atoms with E-state index in [4.69, 9.17) is 33.7 Å². The zero-order valence-corrected chi connectivity index (χ0v) is 14.6. The summed E-state index contributed by atoms with van der Waals surface area (Å²) in [7, 11) is 0. The van der Waals surface area contributed by atoms with Gasteiger partial charge in [0, 0.05) is 6.20 Å². The van der Waals surface area contributed by atoms with Gasteiger partial charge in [0.15, 0.2) is 0 Å². The molecule has 1 heterocycles. The Balaban J connectivity index is 0. The van der Waals surface area contributed by atoms with Crippen LogP contribution in [0, 0.1) is 0 Å². The van der Waals surface area contributed by atoms with Crippen LogP contribution in [0.4, 0.5) is 0 Å². The summed E-state index contributed by atoms with van der Waals surface area (Å²) in [5.41, 5.74) is 5.66. The van der Waals surface area contributed by atoms with Crippen molar-refractivity contribution in [2.24, 2.45) is 5.73 Å². The lowest BCUT2D eigenvalue weighted by molar-refractivity contribution is -0.122. The molecule has 0 saturated heterocycles. The van der Waals surface area contributed by atoms with E-state index in [0.29, 0.717) is 23.0 Å². The molecular weight excluding hydrogens is 360 g/mol. The van der Waals surface area contributed by atoms with Gasteiger partial charge in [-0.15, -0.1) is 24.8 Å². The van der Waals surface area contributed by atoms with Gasteiger partial charge < -0.3 is 15.8 Å². The molecule has 0 spiro atoms. The Hall–Kier alpha value is -0.460. The number of hydrogen-bond donors (Lipinski definition) is 2. The van der Waals surface area contributed by atoms with Crippen molar-refractivity contribution in [1.82, 2.24) is 10.3 Å². The zero-order valence-electron chi connectivity index (χ0n) is 11.5. The Bertz CT molecular complexity index is 435. The van der Waals surface area contributed by atoms with Gasteiger partial charge in [0.1, 0.15) is 11.6 Å². The monoisotopic (exact) mass is 377 g/mol. The van der Waals surface area contributed by atoms with E-state index in [-0.39, 0.29) is 43.2 Å². The van der Waals surface area contributed by atoms with Crippen LogP contribution in [0.1, 0.15) is 19.8 Å². The van der Waals surface area contributed by atoms with Crippen molar-refractivity contribution in [2.75, 3.05) is 13.2 Å². The highest BCUT2D eigenvalue weighted by Crippen LogP contribution is 2.24. The number of halogens is 4. The molecule has 0 aromatic carbocycles. The number of carbonyl (C=O) groups excluding carboxylic acids is 1. The largest absolute Gasteiger partial charge is 0.475 e. The summed E-state index contributed by atoms with van der Waals surface area (Å²) >= 11 is 11.6. The Morgan fingerprint density at radius 3 is 2.71 bits per heavy atom. The number of nitrogens with zero attached hydrogens (tertiary/aromatic N) is 1. The number of pyridine rings is 1. The minimum absolute atomic E-state index is 0. The lowest BCUT2D eigenvalue weighted by Crippen LogP contribution is -2.41. The SMILES string of the molecule is CCCC(N)C(=O)NCCOc1ncc(Cl)cc1Cl.Cl.Cl. The molecule has 122 valence electrons. The average Bonchev–Trinajstić information content (AvgIpc) is 2.36. The molecule has 0 aliphatic carbocycles. The van der Waals surface area contributed by atoms with E-state index < -0.39 is 6.04 Å². The molecule has 0 radical (unpaired) electrons. The zero-order chi connectivity index (χ0) is 14.3. The molecule has 1 atom stereocenters. The molecule has 9 heteroatoms. The predicted molar refractivity (Wildman–Crippen MR) is 90.1 cm³/mol. The third-order valence-electron chi connectivity index (χ3n) is 2.35. The van der Waals surface area contributed by atoms with Gasteiger partial charge in [-0.05, 0) is 12.5 Å². The molecule has 1 aromatic heterocycles. The molecule has 0 aliphatic rings. The normalized spacial score (nSPS) is 10.9. The second-order valence-electron chi connectivity index (χ2n) is 3.98. The summed E-state index contributed by atoms with van der Waals surface area (Å²) in [4.78, 5) is 15.4. The van der Waals surface area contributed by atoms with E-state index in [0.717, 1.165) is 6.42 Å². The molecule has 0 saturated carbocycles. The van der Waals surface area contributed by atoms with Crippen LogP contribution in [0.3, 0.4) is 0 Å². The Kier molecular flexibility index (Phi) is 13.2. The smallest absolute Gasteiger partial charge is 0.237 e. The molecule has 0 aliphatic heterocycles. The standard InChI is InChI=1S/C12H17Cl2N3O2.2ClH/c1-2-3-10(15)11(18)16-4-5-19-12-9(14)6-8(13)7-17-12;;/h6-7,10H,2-5,15H2,1H3,(H,16,18);2*1H. The van der Waals surface area contributed by atoms with Gasteiger partial charge >= 0.3 is 0 Å². The lowest BCUT2D eigenvalue weighted by Gasteiger charge is -2.11. The fraction of sp³-hybridized carbons (Fsp3) is 0.500. The summed E-state index contributed by atoms with van der Waals surface area (Å²) in [6.45, 7) is 2.58. The van der Waals surface area contributed by atoms with E-state index in [1.54, 1.807) is 6.07 Å². The topological polar surface area (TPSA) is 77.2 Å². The van der Waals surface area contributed by atoms with Crippen LogP contribution < -0.4 is 15.8 Å². The van der Waals surface area contributed by atoms with Gasteiger partial charge in [-0.25, -0.2) is 4.98 Å². The number of rotatable bonds is 7. The van der Waals surface area contributed by atoms with E-state index in [9.17, 15) is 4.79 Å². The molecule has 0 bridgehead atoms. The number of aromatic nitrogens is 1. The number of carbonyl (C=O) groups is 1. The minimum Gasteiger partial charge on any atom is -0.475 e. The molecule has 1 aromatic rings. The Morgan fingerprint density at radius 2 is 2.14 bits per heavy atom. The fourth-order valence-electron chi connectivity index (χ4n) is 1.40. The maximum absolute atomic E-state index is 11.5. The summed E-state index contributed by atoms with van der Waals surface area (Å²) in [5, 5.41) is 3.46. The van der Waals surface area contributed by atoms with Gasteiger partial charge in [0.25, 0.3) is 0 Å². The number of nitrogens with one attached hydrogen (secondary N) is 1. The van der Waals surface area contributed by atoms with E-state index in [1.165, 1.54) is 6.20 Å².